The summed E-state index contributed by atoms with van der Waals surface area (Å²) in [5.41, 5.74) is 10.8. The summed E-state index contributed by atoms with van der Waals surface area (Å²) >= 11 is 0. The molecule has 8 unspecified atom stereocenters. The summed E-state index contributed by atoms with van der Waals surface area (Å²) in [6.07, 6.45) is 13.6. The van der Waals surface area contributed by atoms with Gasteiger partial charge in [-0.25, -0.2) is 14.8 Å². The number of aryl methyl sites for hydroxylation is 1. The summed E-state index contributed by atoms with van der Waals surface area (Å²) in [5.74, 6) is -2.53. The molecule has 3 aliphatic heterocycles. The average molecular weight is 923 g/mol. The lowest BCUT2D eigenvalue weighted by molar-refractivity contribution is -0.170. The highest BCUT2D eigenvalue weighted by Gasteiger charge is 2.57. The Morgan fingerprint density at radius 2 is 1.82 bits per heavy atom. The second kappa shape index (κ2) is 16.5. The SMILES string of the molecule is CC=C(C(=O)OC1Cc2c3c(c4oc(CO)cc(=O)c4c2O)C2c4ccnc(N)c4C(CCc4ccc(O)cc4C2CO)C2CCc4c(cnc5c4C=CC(C)N5)CC2C1(C)O3)C1(O)CCCC1. The van der Waals surface area contributed by atoms with E-state index in [1.807, 2.05) is 25.3 Å². The number of pyridine rings is 2. The number of phenols is 2. The zero-order chi connectivity index (χ0) is 47.4. The van der Waals surface area contributed by atoms with Gasteiger partial charge in [0.25, 0.3) is 0 Å². The number of carbonyl (C=O) groups excluding carboxylic acids is 1. The molecular formula is C54H58N4O10. The fraction of sp³-hybridized carbons (Fsp3) is 0.444. The van der Waals surface area contributed by atoms with Gasteiger partial charge in [0, 0.05) is 70.9 Å². The molecule has 1 fully saturated rings. The lowest BCUT2D eigenvalue weighted by Gasteiger charge is -2.51. The summed E-state index contributed by atoms with van der Waals surface area (Å²) in [5, 5.41) is 61.3. The third kappa shape index (κ3) is 6.76. The average Bonchev–Trinajstić information content (AvgIpc) is 3.68. The number of aliphatic hydroxyl groups excluding tert-OH is 2. The molecule has 6 heterocycles. The maximum atomic E-state index is 14.8. The van der Waals surface area contributed by atoms with Gasteiger partial charge in [-0.05, 0) is 124 Å². The van der Waals surface area contributed by atoms with Crippen molar-refractivity contribution in [3.8, 4) is 17.2 Å². The zero-order valence-electron chi connectivity index (χ0n) is 38.5. The molecule has 8 N–H and O–H groups in total. The topological polar surface area (TPSA) is 231 Å². The quantitative estimate of drug-likeness (QED) is 0.0688. The molecule has 354 valence electrons. The van der Waals surface area contributed by atoms with Crippen molar-refractivity contribution in [1.29, 1.82) is 0 Å². The molecule has 1 saturated carbocycles. The van der Waals surface area contributed by atoms with Crippen molar-refractivity contribution >= 4 is 34.7 Å². The first-order valence-corrected chi connectivity index (χ1v) is 24.1. The first-order valence-electron chi connectivity index (χ1n) is 24.1. The summed E-state index contributed by atoms with van der Waals surface area (Å²) < 4.78 is 21.0. The number of nitrogens with two attached hydrogens (primary N) is 1. The molecule has 14 nitrogen and oxygen atoms in total. The van der Waals surface area contributed by atoms with Crippen molar-refractivity contribution in [3.05, 3.63) is 127 Å². The Morgan fingerprint density at radius 1 is 1.01 bits per heavy atom. The molecule has 68 heavy (non-hydrogen) atoms. The van der Waals surface area contributed by atoms with Crippen LogP contribution in [-0.4, -0.2) is 71.4 Å². The number of phenolic OH excluding ortho intramolecular Hbond substituents is 2. The van der Waals surface area contributed by atoms with E-state index in [4.69, 9.17) is 29.6 Å². The molecule has 11 rings (SSSR count). The van der Waals surface area contributed by atoms with E-state index < -0.39 is 65.4 Å². The number of carbonyl (C=O) groups is 1. The lowest BCUT2D eigenvalue weighted by atomic mass is 9.62. The third-order valence-corrected chi connectivity index (χ3v) is 16.6. The number of ether oxygens (including phenoxy) is 2. The third-order valence-electron chi connectivity index (χ3n) is 16.6. The number of hydrogen-bond acceptors (Lipinski definition) is 14. The van der Waals surface area contributed by atoms with Crippen LogP contribution in [0.2, 0.25) is 0 Å². The number of benzene rings is 2. The molecule has 0 amide bonds. The van der Waals surface area contributed by atoms with Gasteiger partial charge in [0.2, 0.25) is 0 Å². The molecule has 3 aromatic heterocycles. The van der Waals surface area contributed by atoms with Gasteiger partial charge in [0.1, 0.15) is 63.9 Å². The molecule has 0 radical (unpaired) electrons. The molecule has 5 aromatic rings. The fourth-order valence-electron chi connectivity index (χ4n) is 13.4. The summed E-state index contributed by atoms with van der Waals surface area (Å²) in [7, 11) is 0. The van der Waals surface area contributed by atoms with Crippen LogP contribution in [0.4, 0.5) is 11.6 Å². The van der Waals surface area contributed by atoms with Gasteiger partial charge in [-0.15, -0.1) is 0 Å². The number of aromatic hydroxyl groups is 2. The maximum absolute atomic E-state index is 14.8. The van der Waals surface area contributed by atoms with E-state index in [0.29, 0.717) is 67.5 Å². The largest absolute Gasteiger partial charge is 0.508 e. The Morgan fingerprint density at radius 3 is 2.59 bits per heavy atom. The number of allylic oxidation sites excluding steroid dienone is 1. The lowest BCUT2D eigenvalue weighted by Crippen LogP contribution is -2.59. The van der Waals surface area contributed by atoms with Crippen LogP contribution in [0.1, 0.15) is 133 Å². The molecule has 4 bridgehead atoms. The van der Waals surface area contributed by atoms with Gasteiger partial charge >= 0.3 is 5.97 Å². The van der Waals surface area contributed by atoms with Crippen LogP contribution in [0.3, 0.4) is 0 Å². The number of anilines is 2. The molecule has 2 aromatic carbocycles. The van der Waals surface area contributed by atoms with Crippen molar-refractivity contribution in [1.82, 2.24) is 9.97 Å². The summed E-state index contributed by atoms with van der Waals surface area (Å²) in [4.78, 5) is 39.0. The van der Waals surface area contributed by atoms with Crippen LogP contribution in [0.5, 0.6) is 17.2 Å². The second-order valence-electron chi connectivity index (χ2n) is 20.2. The van der Waals surface area contributed by atoms with Crippen molar-refractivity contribution in [3.63, 3.8) is 0 Å². The van der Waals surface area contributed by atoms with E-state index in [0.717, 1.165) is 52.5 Å². The first-order chi connectivity index (χ1) is 32.8. The molecule has 6 aliphatic rings. The molecule has 8 atom stereocenters. The number of aromatic nitrogens is 2. The van der Waals surface area contributed by atoms with Gasteiger partial charge < -0.3 is 50.5 Å². The van der Waals surface area contributed by atoms with Crippen LogP contribution in [0, 0.1) is 11.8 Å². The minimum absolute atomic E-state index is 0.00920. The number of fused-ring (bicyclic) bond motifs is 11. The van der Waals surface area contributed by atoms with Crippen LogP contribution in [-0.2, 0) is 41.8 Å². The molecule has 3 aliphatic carbocycles. The molecular weight excluding hydrogens is 865 g/mol. The van der Waals surface area contributed by atoms with E-state index in [9.17, 15) is 35.1 Å². The fourth-order valence-corrected chi connectivity index (χ4v) is 13.4. The second-order valence-corrected chi connectivity index (χ2v) is 20.2. The maximum Gasteiger partial charge on any atom is 0.337 e. The number of nitrogens with one attached hydrogen (secondary N) is 1. The van der Waals surface area contributed by atoms with Crippen LogP contribution >= 0.6 is 0 Å². The van der Waals surface area contributed by atoms with E-state index in [-0.39, 0.29) is 63.7 Å². The van der Waals surface area contributed by atoms with Crippen molar-refractivity contribution < 1.29 is 44.2 Å². The van der Waals surface area contributed by atoms with E-state index in [1.165, 1.54) is 0 Å². The number of hydrogen-bond donors (Lipinski definition) is 7. The van der Waals surface area contributed by atoms with Gasteiger partial charge in [-0.1, -0.05) is 37.1 Å². The highest BCUT2D eigenvalue weighted by Crippen LogP contribution is 2.60. The smallest absolute Gasteiger partial charge is 0.337 e. The molecule has 0 saturated heterocycles. The van der Waals surface area contributed by atoms with E-state index in [1.54, 1.807) is 31.3 Å². The van der Waals surface area contributed by atoms with Crippen LogP contribution < -0.4 is 21.2 Å². The standard InChI is InChI=1S/C54H58N4O10/c1-4-39(54(65)16-5-6-17-54)52(64)67-42-22-37-47(63)45-41(62)21-30(24-59)66-49(45)46-43-35-15-18-56-50(55)44(35)33(12-9-27-8-10-29(61)20-36(27)38(43)25-60)32-14-13-31-28(19-40(32)53(42,3)68-48(37)46)23-57-51-34(31)11-7-26(2)58-51/h4,7-8,10-11,15,18,20-21,23,26,32-33,38,40,42-43,59-61,63,65H,5-6,9,12-14,16-17,19,22,24-25H2,1-3H3,(H2,55,56)(H,57,58). The monoisotopic (exact) mass is 922 g/mol. The predicted molar refractivity (Wildman–Crippen MR) is 255 cm³/mol. The Labute approximate surface area is 393 Å². The zero-order valence-corrected chi connectivity index (χ0v) is 38.5. The Balaban J connectivity index is 1.25. The highest BCUT2D eigenvalue weighted by molar-refractivity contribution is 5.93. The van der Waals surface area contributed by atoms with Crippen molar-refractivity contribution in [2.24, 2.45) is 11.8 Å². The Bertz CT molecular complexity index is 3030. The summed E-state index contributed by atoms with van der Waals surface area (Å²) in [6.45, 7) is 4.72. The number of rotatable bonds is 5. The predicted octanol–water partition coefficient (Wildman–Crippen LogP) is 7.13. The Hall–Kier alpha value is -6.22. The Kier molecular flexibility index (Phi) is 10.7. The minimum Gasteiger partial charge on any atom is -0.508 e. The highest BCUT2D eigenvalue weighted by atomic mass is 16.6. The van der Waals surface area contributed by atoms with E-state index in [2.05, 4.69) is 24.4 Å². The van der Waals surface area contributed by atoms with Crippen molar-refractivity contribution in [2.45, 2.75) is 133 Å². The van der Waals surface area contributed by atoms with Crippen LogP contribution in [0.15, 0.2) is 69.7 Å². The van der Waals surface area contributed by atoms with E-state index >= 15 is 0 Å². The summed E-state index contributed by atoms with van der Waals surface area (Å²) in [6, 6.07) is 8.37. The number of esters is 1. The normalized spacial score (nSPS) is 27.7. The molecule has 0 spiro atoms. The number of nitrogens with zero attached hydrogens (tertiary/aromatic N) is 2. The van der Waals surface area contributed by atoms with Crippen LogP contribution in [0.25, 0.3) is 17.0 Å². The van der Waals surface area contributed by atoms with Gasteiger partial charge in [-0.3, -0.25) is 4.79 Å². The molecule has 14 heteroatoms. The first kappa shape index (κ1) is 44.3. The van der Waals surface area contributed by atoms with Gasteiger partial charge in [-0.2, -0.15) is 0 Å². The number of aliphatic hydroxyl groups is 3. The minimum atomic E-state index is -1.39. The van der Waals surface area contributed by atoms with Gasteiger partial charge in [0.15, 0.2) is 5.43 Å². The van der Waals surface area contributed by atoms with Crippen molar-refractivity contribution in [2.75, 3.05) is 17.7 Å². The number of nitrogen functional groups attached to an aromatic ring is 1. The van der Waals surface area contributed by atoms with Gasteiger partial charge in [0.05, 0.1) is 17.8 Å².